The molecule has 108 valence electrons. The van der Waals surface area contributed by atoms with Gasteiger partial charge in [0.1, 0.15) is 5.52 Å². The minimum atomic E-state index is 0.0554. The second-order valence-corrected chi connectivity index (χ2v) is 7.57. The van der Waals surface area contributed by atoms with Crippen LogP contribution in [0.4, 0.5) is 10.8 Å². The van der Waals surface area contributed by atoms with Crippen LogP contribution in [-0.4, -0.2) is 15.0 Å². The number of thiazole rings is 1. The fourth-order valence-electron chi connectivity index (χ4n) is 1.90. The number of fused-ring (bicyclic) bond motifs is 1. The molecule has 0 fully saturated rings. The third-order valence-corrected chi connectivity index (χ3v) is 4.25. The van der Waals surface area contributed by atoms with E-state index in [2.05, 4.69) is 62.3 Å². The zero-order valence-corrected chi connectivity index (χ0v) is 14.4. The zero-order valence-electron chi connectivity index (χ0n) is 12.0. The maximum absolute atomic E-state index is 4.65. The number of halogens is 1. The topological polar surface area (TPSA) is 50.7 Å². The number of nitrogens with zero attached hydrogens (tertiary/aromatic N) is 3. The van der Waals surface area contributed by atoms with Gasteiger partial charge in [-0.1, -0.05) is 20.8 Å². The summed E-state index contributed by atoms with van der Waals surface area (Å²) in [7, 11) is 0. The van der Waals surface area contributed by atoms with Crippen molar-refractivity contribution in [2.45, 2.75) is 26.2 Å². The van der Waals surface area contributed by atoms with Crippen molar-refractivity contribution in [1.82, 2.24) is 15.0 Å². The van der Waals surface area contributed by atoms with Gasteiger partial charge in [-0.25, -0.2) is 4.98 Å². The normalized spacial score (nSPS) is 11.8. The smallest absolute Gasteiger partial charge is 0.187 e. The van der Waals surface area contributed by atoms with Crippen molar-refractivity contribution in [3.05, 3.63) is 40.1 Å². The van der Waals surface area contributed by atoms with Gasteiger partial charge in [0.15, 0.2) is 5.13 Å². The van der Waals surface area contributed by atoms with Gasteiger partial charge in [0.05, 0.1) is 16.9 Å². The summed E-state index contributed by atoms with van der Waals surface area (Å²) in [6.45, 7) is 6.48. The van der Waals surface area contributed by atoms with Gasteiger partial charge in [-0.3, -0.25) is 9.97 Å². The van der Waals surface area contributed by atoms with Crippen LogP contribution in [0.1, 0.15) is 26.5 Å². The Morgan fingerprint density at radius 2 is 2.05 bits per heavy atom. The van der Waals surface area contributed by atoms with Gasteiger partial charge >= 0.3 is 0 Å². The van der Waals surface area contributed by atoms with Crippen LogP contribution >= 0.6 is 27.3 Å². The van der Waals surface area contributed by atoms with Crippen molar-refractivity contribution < 1.29 is 0 Å². The number of rotatable bonds is 2. The van der Waals surface area contributed by atoms with E-state index in [9.17, 15) is 0 Å². The summed E-state index contributed by atoms with van der Waals surface area (Å²) in [5.74, 6) is 0. The van der Waals surface area contributed by atoms with Gasteiger partial charge in [-0.15, -0.1) is 11.3 Å². The van der Waals surface area contributed by atoms with E-state index in [1.165, 1.54) is 0 Å². The molecule has 0 aliphatic carbocycles. The molecular weight excluding hydrogens is 348 g/mol. The molecule has 0 atom stereocenters. The highest BCUT2D eigenvalue weighted by atomic mass is 79.9. The van der Waals surface area contributed by atoms with Crippen molar-refractivity contribution in [2.24, 2.45) is 0 Å². The molecule has 3 heterocycles. The Morgan fingerprint density at radius 3 is 2.76 bits per heavy atom. The summed E-state index contributed by atoms with van der Waals surface area (Å²) >= 11 is 5.02. The molecule has 6 heteroatoms. The second kappa shape index (κ2) is 5.35. The molecule has 0 unspecified atom stereocenters. The molecule has 21 heavy (non-hydrogen) atoms. The largest absolute Gasteiger partial charge is 0.330 e. The number of hydrogen-bond donors (Lipinski definition) is 1. The molecule has 0 saturated carbocycles. The average molecular weight is 363 g/mol. The number of hydrogen-bond acceptors (Lipinski definition) is 5. The molecule has 3 rings (SSSR count). The van der Waals surface area contributed by atoms with Crippen LogP contribution in [0.15, 0.2) is 34.4 Å². The average Bonchev–Trinajstić information content (AvgIpc) is 2.87. The minimum Gasteiger partial charge on any atom is -0.330 e. The van der Waals surface area contributed by atoms with Gasteiger partial charge in [0.2, 0.25) is 0 Å². The Hall–Kier alpha value is -1.53. The molecular formula is C15H15BrN4S. The lowest BCUT2D eigenvalue weighted by atomic mass is 9.93. The molecule has 0 radical (unpaired) electrons. The molecule has 0 saturated heterocycles. The molecule has 0 amide bonds. The summed E-state index contributed by atoms with van der Waals surface area (Å²) in [5, 5.41) is 6.31. The molecule has 1 N–H and O–H groups in total. The lowest BCUT2D eigenvalue weighted by Crippen LogP contribution is -2.11. The highest BCUT2D eigenvalue weighted by molar-refractivity contribution is 9.10. The van der Waals surface area contributed by atoms with Crippen LogP contribution in [-0.2, 0) is 5.41 Å². The van der Waals surface area contributed by atoms with Crippen LogP contribution in [0.2, 0.25) is 0 Å². The molecule has 0 bridgehead atoms. The fraction of sp³-hybridized carbons (Fsp3) is 0.267. The summed E-state index contributed by atoms with van der Waals surface area (Å²) in [6, 6.07) is 3.87. The summed E-state index contributed by atoms with van der Waals surface area (Å²) < 4.78 is 0.920. The van der Waals surface area contributed by atoms with Crippen LogP contribution in [0, 0.1) is 0 Å². The number of anilines is 2. The second-order valence-electron chi connectivity index (χ2n) is 5.79. The molecule has 3 aromatic heterocycles. The van der Waals surface area contributed by atoms with Crippen LogP contribution in [0.5, 0.6) is 0 Å². The molecule has 0 spiro atoms. The quantitative estimate of drug-likeness (QED) is 0.704. The van der Waals surface area contributed by atoms with Gasteiger partial charge in [-0.2, -0.15) is 0 Å². The third-order valence-electron chi connectivity index (χ3n) is 3.06. The SMILES string of the molecule is CC(C)(C)c1csc(Nc2ccnc3cc(Br)cnc23)n1. The Balaban J connectivity index is 1.97. The number of aromatic nitrogens is 3. The Kier molecular flexibility index (Phi) is 3.67. The van der Waals surface area contributed by atoms with E-state index in [1.807, 2.05) is 12.1 Å². The van der Waals surface area contributed by atoms with Crippen LogP contribution < -0.4 is 5.32 Å². The maximum Gasteiger partial charge on any atom is 0.187 e. The van der Waals surface area contributed by atoms with Crippen molar-refractivity contribution in [3.8, 4) is 0 Å². The minimum absolute atomic E-state index is 0.0554. The highest BCUT2D eigenvalue weighted by Gasteiger charge is 2.17. The molecule has 0 aliphatic rings. The highest BCUT2D eigenvalue weighted by Crippen LogP contribution is 2.30. The lowest BCUT2D eigenvalue weighted by Gasteiger charge is -2.14. The van der Waals surface area contributed by atoms with E-state index in [1.54, 1.807) is 23.7 Å². The Bertz CT molecular complexity index is 792. The van der Waals surface area contributed by atoms with Gasteiger partial charge in [0.25, 0.3) is 0 Å². The predicted molar refractivity (Wildman–Crippen MR) is 91.3 cm³/mol. The van der Waals surface area contributed by atoms with E-state index in [0.717, 1.165) is 32.0 Å². The first-order valence-electron chi connectivity index (χ1n) is 6.57. The van der Waals surface area contributed by atoms with Crippen molar-refractivity contribution in [1.29, 1.82) is 0 Å². The standard InChI is InChI=1S/C15H15BrN4S/c1-15(2,3)12-8-21-14(20-12)19-10-4-5-17-11-6-9(16)7-18-13(10)11/h4-8H,1-3H3,(H,17,19,20). The zero-order chi connectivity index (χ0) is 15.0. The van der Waals surface area contributed by atoms with Gasteiger partial charge < -0.3 is 5.32 Å². The van der Waals surface area contributed by atoms with Gasteiger partial charge in [-0.05, 0) is 28.1 Å². The van der Waals surface area contributed by atoms with Crippen LogP contribution in [0.25, 0.3) is 11.0 Å². The van der Waals surface area contributed by atoms with E-state index in [0.29, 0.717) is 0 Å². The van der Waals surface area contributed by atoms with E-state index < -0.39 is 0 Å². The Labute approximate surface area is 135 Å². The van der Waals surface area contributed by atoms with Crippen LogP contribution in [0.3, 0.4) is 0 Å². The van der Waals surface area contributed by atoms with Crippen molar-refractivity contribution in [2.75, 3.05) is 5.32 Å². The van der Waals surface area contributed by atoms with Gasteiger partial charge in [0, 0.05) is 27.7 Å². The monoisotopic (exact) mass is 362 g/mol. The number of nitrogens with one attached hydrogen (secondary N) is 1. The first-order valence-corrected chi connectivity index (χ1v) is 8.24. The van der Waals surface area contributed by atoms with E-state index in [-0.39, 0.29) is 5.41 Å². The lowest BCUT2D eigenvalue weighted by molar-refractivity contribution is 0.573. The molecule has 3 aromatic rings. The van der Waals surface area contributed by atoms with E-state index >= 15 is 0 Å². The summed E-state index contributed by atoms with van der Waals surface area (Å²) in [5.41, 5.74) is 3.75. The summed E-state index contributed by atoms with van der Waals surface area (Å²) in [4.78, 5) is 13.4. The summed E-state index contributed by atoms with van der Waals surface area (Å²) in [6.07, 6.45) is 3.55. The first-order chi connectivity index (χ1) is 9.93. The third kappa shape index (κ3) is 3.06. The molecule has 0 aliphatic heterocycles. The molecule has 0 aromatic carbocycles. The predicted octanol–water partition coefficient (Wildman–Crippen LogP) is 4.89. The van der Waals surface area contributed by atoms with Crippen molar-refractivity contribution in [3.63, 3.8) is 0 Å². The van der Waals surface area contributed by atoms with Crippen molar-refractivity contribution >= 4 is 49.1 Å². The molecule has 4 nitrogen and oxygen atoms in total. The van der Waals surface area contributed by atoms with E-state index in [4.69, 9.17) is 0 Å². The maximum atomic E-state index is 4.65. The first kappa shape index (κ1) is 14.4. The fourth-order valence-corrected chi connectivity index (χ4v) is 3.17. The Morgan fingerprint density at radius 1 is 1.24 bits per heavy atom. The number of pyridine rings is 2.